The Labute approximate surface area is 251 Å². The monoisotopic (exact) mass is 592 g/mol. The number of methoxy groups -OCH3 is 1. The van der Waals surface area contributed by atoms with Crippen LogP contribution in [0.2, 0.25) is 0 Å². The summed E-state index contributed by atoms with van der Waals surface area (Å²) in [6.07, 6.45) is 1.06. The summed E-state index contributed by atoms with van der Waals surface area (Å²) >= 11 is 0. The molecule has 2 aliphatic heterocycles. The molecule has 230 valence electrons. The molecule has 0 aliphatic carbocycles. The van der Waals surface area contributed by atoms with E-state index < -0.39 is 34.2 Å². The van der Waals surface area contributed by atoms with Crippen molar-refractivity contribution < 1.29 is 29.2 Å². The minimum absolute atomic E-state index is 0.0112. The number of aliphatic carboxylic acids is 1. The minimum atomic E-state index is -1.12. The Morgan fingerprint density at radius 1 is 1.09 bits per heavy atom. The average molecular weight is 593 g/mol. The van der Waals surface area contributed by atoms with Crippen LogP contribution >= 0.6 is 0 Å². The van der Waals surface area contributed by atoms with Gasteiger partial charge in [0.1, 0.15) is 0 Å². The molecule has 1 saturated heterocycles. The quantitative estimate of drug-likeness (QED) is 0.249. The third-order valence-corrected chi connectivity index (χ3v) is 9.02. The van der Waals surface area contributed by atoms with E-state index in [1.165, 1.54) is 25.3 Å². The van der Waals surface area contributed by atoms with E-state index in [1.54, 1.807) is 13.0 Å². The predicted molar refractivity (Wildman–Crippen MR) is 160 cm³/mol. The summed E-state index contributed by atoms with van der Waals surface area (Å²) in [7, 11) is 1.23. The third-order valence-electron chi connectivity index (χ3n) is 9.02. The molecule has 0 bridgehead atoms. The summed E-state index contributed by atoms with van der Waals surface area (Å²) in [5.74, 6) is -3.88. The maximum absolute atomic E-state index is 13.0. The number of hydrogen-bond acceptors (Lipinski definition) is 8. The predicted octanol–water partition coefficient (Wildman–Crippen LogP) is 4.20. The molecule has 2 aromatic carbocycles. The van der Waals surface area contributed by atoms with Gasteiger partial charge in [-0.15, -0.1) is 0 Å². The van der Waals surface area contributed by atoms with Crippen molar-refractivity contribution in [1.29, 1.82) is 0 Å². The Hall–Kier alpha value is -4.25. The number of carbonyl (C=O) groups excluding carboxylic acids is 2. The SMILES string of the molecule is COC(=O)C1=C(C)NC(C)(CCC(C)(C)N2CCN(C(=O)c3ccccc3)CC2)C(C(=O)O)C1c1cccc([N+](=O)[O-])c1. The minimum Gasteiger partial charge on any atom is -0.481 e. The molecule has 0 saturated carbocycles. The molecule has 1 amide bonds. The highest BCUT2D eigenvalue weighted by atomic mass is 16.6. The van der Waals surface area contributed by atoms with E-state index >= 15 is 0 Å². The van der Waals surface area contributed by atoms with Gasteiger partial charge >= 0.3 is 11.9 Å². The zero-order chi connectivity index (χ0) is 31.5. The van der Waals surface area contributed by atoms with Crippen LogP contribution in [-0.2, 0) is 14.3 Å². The van der Waals surface area contributed by atoms with E-state index in [2.05, 4.69) is 24.1 Å². The summed E-state index contributed by atoms with van der Waals surface area (Å²) in [5.41, 5.74) is 0.157. The zero-order valence-corrected chi connectivity index (χ0v) is 25.3. The number of benzene rings is 2. The van der Waals surface area contributed by atoms with E-state index in [1.807, 2.05) is 42.2 Å². The first-order valence-corrected chi connectivity index (χ1v) is 14.4. The van der Waals surface area contributed by atoms with Gasteiger partial charge in [-0.1, -0.05) is 30.3 Å². The highest BCUT2D eigenvalue weighted by Crippen LogP contribution is 2.47. The van der Waals surface area contributed by atoms with Crippen molar-refractivity contribution in [3.63, 3.8) is 0 Å². The van der Waals surface area contributed by atoms with E-state index in [-0.39, 0.29) is 22.7 Å². The number of esters is 1. The van der Waals surface area contributed by atoms with Crippen molar-refractivity contribution >= 4 is 23.5 Å². The Morgan fingerprint density at radius 3 is 2.33 bits per heavy atom. The van der Waals surface area contributed by atoms with Gasteiger partial charge in [-0.05, 0) is 58.2 Å². The van der Waals surface area contributed by atoms with Crippen LogP contribution in [0.1, 0.15) is 62.4 Å². The molecule has 3 unspecified atom stereocenters. The molecule has 4 rings (SSSR count). The Kier molecular flexibility index (Phi) is 9.24. The summed E-state index contributed by atoms with van der Waals surface area (Å²) < 4.78 is 5.03. The van der Waals surface area contributed by atoms with Crippen molar-refractivity contribution in [2.75, 3.05) is 33.3 Å². The van der Waals surface area contributed by atoms with Crippen LogP contribution in [-0.4, -0.2) is 82.0 Å². The number of nitrogens with one attached hydrogen (secondary N) is 1. The second-order valence-electron chi connectivity index (χ2n) is 12.2. The van der Waals surface area contributed by atoms with Crippen molar-refractivity contribution in [3.05, 3.63) is 87.1 Å². The molecular weight excluding hydrogens is 552 g/mol. The molecule has 43 heavy (non-hydrogen) atoms. The number of nitro benzene ring substituents is 1. The van der Waals surface area contributed by atoms with Crippen molar-refractivity contribution in [3.8, 4) is 0 Å². The molecule has 2 N–H and O–H groups in total. The molecule has 2 aromatic rings. The van der Waals surface area contributed by atoms with Gasteiger partial charge < -0.3 is 20.1 Å². The van der Waals surface area contributed by atoms with Gasteiger partial charge in [-0.25, -0.2) is 4.79 Å². The summed E-state index contributed by atoms with van der Waals surface area (Å²) in [6.45, 7) is 10.3. The fourth-order valence-electron chi connectivity index (χ4n) is 6.56. The Balaban J connectivity index is 1.57. The Bertz CT molecular complexity index is 1420. The van der Waals surface area contributed by atoms with Crippen LogP contribution in [0, 0.1) is 16.0 Å². The summed E-state index contributed by atoms with van der Waals surface area (Å²) in [4.78, 5) is 54.1. The molecule has 11 heteroatoms. The highest BCUT2D eigenvalue weighted by molar-refractivity contribution is 5.94. The highest BCUT2D eigenvalue weighted by Gasteiger charge is 2.52. The van der Waals surface area contributed by atoms with Gasteiger partial charge in [0.25, 0.3) is 11.6 Å². The fourth-order valence-corrected chi connectivity index (χ4v) is 6.56. The number of nitrogens with zero attached hydrogens (tertiary/aromatic N) is 3. The van der Waals surface area contributed by atoms with Crippen molar-refractivity contribution in [2.24, 2.45) is 5.92 Å². The first-order valence-electron chi connectivity index (χ1n) is 14.4. The van der Waals surface area contributed by atoms with Crippen LogP contribution in [0.5, 0.6) is 0 Å². The third kappa shape index (κ3) is 6.56. The van der Waals surface area contributed by atoms with Gasteiger partial charge in [0.05, 0.1) is 23.5 Å². The molecule has 2 heterocycles. The van der Waals surface area contributed by atoms with E-state index in [4.69, 9.17) is 4.74 Å². The molecule has 0 spiro atoms. The number of piperazine rings is 1. The lowest BCUT2D eigenvalue weighted by molar-refractivity contribution is -0.384. The number of carbonyl (C=O) groups is 3. The molecule has 0 aromatic heterocycles. The molecule has 1 fully saturated rings. The summed E-state index contributed by atoms with van der Waals surface area (Å²) in [5, 5.41) is 25.5. The smallest absolute Gasteiger partial charge is 0.336 e. The van der Waals surface area contributed by atoms with Gasteiger partial charge in [0, 0.05) is 66.6 Å². The number of amides is 1. The maximum atomic E-state index is 13.0. The lowest BCUT2D eigenvalue weighted by Crippen LogP contribution is -2.59. The Morgan fingerprint density at radius 2 is 1.74 bits per heavy atom. The normalized spacial score (nSPS) is 23.0. The second kappa shape index (κ2) is 12.5. The van der Waals surface area contributed by atoms with Crippen molar-refractivity contribution in [1.82, 2.24) is 15.1 Å². The van der Waals surface area contributed by atoms with Gasteiger partial charge in [-0.2, -0.15) is 0 Å². The number of ether oxygens (including phenoxy) is 1. The number of carboxylic acid groups (broad SMARTS) is 1. The van der Waals surface area contributed by atoms with Gasteiger partial charge in [0.15, 0.2) is 0 Å². The largest absolute Gasteiger partial charge is 0.481 e. The number of hydrogen-bond donors (Lipinski definition) is 2. The number of carboxylic acids is 1. The van der Waals surface area contributed by atoms with Crippen LogP contribution in [0.3, 0.4) is 0 Å². The first kappa shape index (κ1) is 31.7. The topological polar surface area (TPSA) is 142 Å². The number of non-ortho nitro benzene ring substituents is 1. The molecule has 11 nitrogen and oxygen atoms in total. The van der Waals surface area contributed by atoms with Gasteiger partial charge in [-0.3, -0.25) is 24.6 Å². The lowest BCUT2D eigenvalue weighted by atomic mass is 9.65. The lowest BCUT2D eigenvalue weighted by Gasteiger charge is -2.49. The van der Waals surface area contributed by atoms with Crippen molar-refractivity contribution in [2.45, 2.75) is 57.5 Å². The van der Waals surface area contributed by atoms with Crippen LogP contribution < -0.4 is 5.32 Å². The molecule has 3 atom stereocenters. The standard InChI is InChI=1S/C32H40N4O7/c1-21-25(30(40)43-5)26(23-12-9-13-24(20-23)36(41)42)27(29(38)39)32(4,33-21)15-14-31(2,3)35-18-16-34(17-19-35)28(37)22-10-7-6-8-11-22/h6-13,20,26-27,33H,14-19H2,1-5H3,(H,38,39). The van der Waals surface area contributed by atoms with E-state index in [9.17, 15) is 29.6 Å². The number of rotatable bonds is 9. The molecular formula is C32H40N4O7. The summed E-state index contributed by atoms with van der Waals surface area (Å²) in [6, 6.07) is 15.0. The molecule has 2 aliphatic rings. The van der Waals surface area contributed by atoms with Crippen LogP contribution in [0.4, 0.5) is 5.69 Å². The van der Waals surface area contributed by atoms with Crippen LogP contribution in [0.15, 0.2) is 65.9 Å². The van der Waals surface area contributed by atoms with Gasteiger partial charge in [0.2, 0.25) is 0 Å². The zero-order valence-electron chi connectivity index (χ0n) is 25.3. The van der Waals surface area contributed by atoms with E-state index in [0.717, 1.165) is 0 Å². The first-order chi connectivity index (χ1) is 20.3. The number of allylic oxidation sites excluding steroid dienone is 1. The second-order valence-corrected chi connectivity index (χ2v) is 12.2. The van der Waals surface area contributed by atoms with E-state index in [0.29, 0.717) is 55.8 Å². The average Bonchev–Trinajstić information content (AvgIpc) is 2.99. The van der Waals surface area contributed by atoms with Crippen LogP contribution in [0.25, 0.3) is 0 Å². The molecule has 0 radical (unpaired) electrons. The fraction of sp³-hybridized carbons (Fsp3) is 0.469. The maximum Gasteiger partial charge on any atom is 0.336 e. The number of nitro groups is 1.